The molecule has 4 nitrogen and oxygen atoms in total. The number of rotatable bonds is 4. The molecule has 4 rings (SSSR count). The molecule has 0 unspecified atom stereocenters. The van der Waals surface area contributed by atoms with Crippen LogP contribution in [0.2, 0.25) is 0 Å². The molecule has 0 atom stereocenters. The molecule has 28 heavy (non-hydrogen) atoms. The third kappa shape index (κ3) is 3.01. The predicted octanol–water partition coefficient (Wildman–Crippen LogP) is 4.90. The lowest BCUT2D eigenvalue weighted by Crippen LogP contribution is -2.33. The summed E-state index contributed by atoms with van der Waals surface area (Å²) in [6, 6.07) is 15.2. The Morgan fingerprint density at radius 1 is 0.964 bits per heavy atom. The Morgan fingerprint density at radius 3 is 2.46 bits per heavy atom. The van der Waals surface area contributed by atoms with Crippen LogP contribution in [0.5, 0.6) is 0 Å². The Kier molecular flexibility index (Phi) is 4.57. The van der Waals surface area contributed by atoms with Crippen LogP contribution in [0.3, 0.4) is 0 Å². The summed E-state index contributed by atoms with van der Waals surface area (Å²) in [6.45, 7) is 3.87. The summed E-state index contributed by atoms with van der Waals surface area (Å²) in [5.74, 6) is -1.73. The highest BCUT2D eigenvalue weighted by molar-refractivity contribution is 7.11. The van der Waals surface area contributed by atoms with Gasteiger partial charge in [-0.3, -0.25) is 9.59 Å². The number of amides is 2. The lowest BCUT2D eigenvalue weighted by Gasteiger charge is -2.16. The van der Waals surface area contributed by atoms with E-state index in [2.05, 4.69) is 5.32 Å². The van der Waals surface area contributed by atoms with Gasteiger partial charge >= 0.3 is 0 Å². The Labute approximate surface area is 165 Å². The molecule has 3 aromatic rings. The number of aryl methyl sites for hydroxylation is 2. The number of hydrogen-bond acceptors (Lipinski definition) is 4. The molecule has 2 amide bonds. The minimum absolute atomic E-state index is 0.0516. The zero-order valence-corrected chi connectivity index (χ0v) is 16.1. The van der Waals surface area contributed by atoms with E-state index in [9.17, 15) is 14.0 Å². The van der Waals surface area contributed by atoms with Gasteiger partial charge in [-0.25, -0.2) is 9.29 Å². The predicted molar refractivity (Wildman–Crippen MR) is 110 cm³/mol. The Hall–Kier alpha value is -3.25. The average Bonchev–Trinajstić information content (AvgIpc) is 3.27. The van der Waals surface area contributed by atoms with E-state index in [1.54, 1.807) is 12.1 Å². The maximum atomic E-state index is 14.3. The molecule has 140 valence electrons. The van der Waals surface area contributed by atoms with Crippen molar-refractivity contribution in [3.05, 3.63) is 87.5 Å². The molecule has 0 spiro atoms. The fraction of sp³-hybridized carbons (Fsp3) is 0.0909. The number of para-hydroxylation sites is 1. The highest BCUT2D eigenvalue weighted by Gasteiger charge is 2.41. The van der Waals surface area contributed by atoms with Gasteiger partial charge in [-0.15, -0.1) is 11.3 Å². The van der Waals surface area contributed by atoms with Crippen LogP contribution in [0.1, 0.15) is 16.0 Å². The number of hydrogen-bond donors (Lipinski definition) is 1. The molecule has 0 fully saturated rings. The van der Waals surface area contributed by atoms with Crippen LogP contribution in [0.4, 0.5) is 15.8 Å². The summed E-state index contributed by atoms with van der Waals surface area (Å²) in [4.78, 5) is 27.9. The molecule has 0 saturated heterocycles. The number of carbonyl (C=O) groups excluding carboxylic acids is 2. The lowest BCUT2D eigenvalue weighted by molar-refractivity contribution is -0.120. The van der Waals surface area contributed by atoms with Gasteiger partial charge in [-0.1, -0.05) is 30.3 Å². The van der Waals surface area contributed by atoms with Crippen molar-refractivity contribution in [2.45, 2.75) is 13.8 Å². The first kappa shape index (κ1) is 18.1. The summed E-state index contributed by atoms with van der Waals surface area (Å²) < 4.78 is 14.3. The van der Waals surface area contributed by atoms with E-state index >= 15 is 0 Å². The van der Waals surface area contributed by atoms with E-state index in [-0.39, 0.29) is 17.0 Å². The Morgan fingerprint density at radius 2 is 1.75 bits per heavy atom. The van der Waals surface area contributed by atoms with Gasteiger partial charge in [0.25, 0.3) is 11.8 Å². The van der Waals surface area contributed by atoms with Crippen molar-refractivity contribution in [3.8, 4) is 0 Å². The molecular formula is C22H17FN2O2S. The smallest absolute Gasteiger partial charge is 0.282 e. The van der Waals surface area contributed by atoms with Gasteiger partial charge in [0, 0.05) is 10.6 Å². The molecule has 2 aromatic carbocycles. The van der Waals surface area contributed by atoms with Gasteiger partial charge in [0.15, 0.2) is 0 Å². The zero-order valence-electron chi connectivity index (χ0n) is 15.3. The van der Waals surface area contributed by atoms with E-state index in [1.165, 1.54) is 29.5 Å². The number of anilines is 2. The van der Waals surface area contributed by atoms with Crippen LogP contribution in [0.25, 0.3) is 5.57 Å². The number of carbonyl (C=O) groups is 2. The molecule has 0 bridgehead atoms. The van der Waals surface area contributed by atoms with Crippen molar-refractivity contribution < 1.29 is 14.0 Å². The molecule has 0 aliphatic carbocycles. The largest absolute Gasteiger partial charge is 0.350 e. The average molecular weight is 392 g/mol. The minimum Gasteiger partial charge on any atom is -0.350 e. The maximum Gasteiger partial charge on any atom is 0.282 e. The first-order chi connectivity index (χ1) is 13.5. The zero-order chi connectivity index (χ0) is 19.8. The van der Waals surface area contributed by atoms with Crippen LogP contribution in [0.15, 0.2) is 65.7 Å². The second-order valence-electron chi connectivity index (χ2n) is 6.57. The van der Waals surface area contributed by atoms with Crippen molar-refractivity contribution >= 4 is 40.1 Å². The molecule has 0 radical (unpaired) electrons. The first-order valence-corrected chi connectivity index (χ1v) is 9.61. The number of nitrogens with zero attached hydrogens (tertiary/aromatic N) is 1. The van der Waals surface area contributed by atoms with Crippen LogP contribution in [-0.4, -0.2) is 11.8 Å². The molecule has 2 heterocycles. The van der Waals surface area contributed by atoms with Gasteiger partial charge < -0.3 is 5.32 Å². The van der Waals surface area contributed by atoms with E-state index in [0.717, 1.165) is 21.7 Å². The fourth-order valence-corrected chi connectivity index (χ4v) is 3.92. The molecule has 6 heteroatoms. The van der Waals surface area contributed by atoms with Gasteiger partial charge in [-0.2, -0.15) is 0 Å². The lowest BCUT2D eigenvalue weighted by atomic mass is 10.1. The van der Waals surface area contributed by atoms with Crippen molar-refractivity contribution in [1.29, 1.82) is 0 Å². The quantitative estimate of drug-likeness (QED) is 0.643. The van der Waals surface area contributed by atoms with E-state index in [0.29, 0.717) is 4.88 Å². The molecule has 1 N–H and O–H groups in total. The first-order valence-electron chi connectivity index (χ1n) is 8.73. The fourth-order valence-electron chi connectivity index (χ4n) is 3.15. The van der Waals surface area contributed by atoms with Crippen LogP contribution < -0.4 is 10.2 Å². The summed E-state index contributed by atoms with van der Waals surface area (Å²) in [6.07, 6.45) is 0. The van der Waals surface area contributed by atoms with E-state index < -0.39 is 17.6 Å². The van der Waals surface area contributed by atoms with Crippen LogP contribution in [0, 0.1) is 19.7 Å². The maximum absolute atomic E-state index is 14.3. The Bertz CT molecular complexity index is 1120. The van der Waals surface area contributed by atoms with Crippen molar-refractivity contribution in [2.75, 3.05) is 10.2 Å². The molecule has 1 aromatic heterocycles. The SMILES string of the molecule is Cc1ccc(C)c(NC2=C(c3cccs3)C(=O)N(c3ccccc3F)C2=O)c1. The van der Waals surface area contributed by atoms with Gasteiger partial charge in [0.2, 0.25) is 0 Å². The van der Waals surface area contributed by atoms with Gasteiger partial charge in [-0.05, 0) is 54.6 Å². The Balaban J connectivity index is 1.84. The van der Waals surface area contributed by atoms with Crippen molar-refractivity contribution in [3.63, 3.8) is 0 Å². The molecule has 1 aliphatic heterocycles. The molecular weight excluding hydrogens is 375 g/mol. The van der Waals surface area contributed by atoms with E-state index in [4.69, 9.17) is 0 Å². The highest BCUT2D eigenvalue weighted by Crippen LogP contribution is 2.36. The number of imide groups is 1. The standard InChI is InChI=1S/C22H17FN2O2S/c1-13-9-10-14(2)16(12-13)24-20-19(18-8-5-11-28-18)21(26)25(22(20)27)17-7-4-3-6-15(17)23/h3-12,24H,1-2H3. The topological polar surface area (TPSA) is 49.4 Å². The number of nitrogens with one attached hydrogen (secondary N) is 1. The van der Waals surface area contributed by atoms with Gasteiger partial charge in [0.05, 0.1) is 11.3 Å². The van der Waals surface area contributed by atoms with E-state index in [1.807, 2.05) is 43.5 Å². The summed E-state index contributed by atoms with van der Waals surface area (Å²) in [5.41, 5.74) is 3.06. The second-order valence-corrected chi connectivity index (χ2v) is 7.52. The molecule has 0 saturated carbocycles. The van der Waals surface area contributed by atoms with Crippen molar-refractivity contribution in [2.24, 2.45) is 0 Å². The highest BCUT2D eigenvalue weighted by atomic mass is 32.1. The number of benzene rings is 2. The van der Waals surface area contributed by atoms with Crippen molar-refractivity contribution in [1.82, 2.24) is 0 Å². The summed E-state index contributed by atoms with van der Waals surface area (Å²) in [5, 5.41) is 4.97. The van der Waals surface area contributed by atoms with Crippen LogP contribution in [-0.2, 0) is 9.59 Å². The minimum atomic E-state index is -0.622. The third-order valence-corrected chi connectivity index (χ3v) is 5.48. The second kappa shape index (κ2) is 7.05. The number of thiophene rings is 1. The summed E-state index contributed by atoms with van der Waals surface area (Å²) in [7, 11) is 0. The third-order valence-electron chi connectivity index (χ3n) is 4.60. The summed E-state index contributed by atoms with van der Waals surface area (Å²) >= 11 is 1.36. The normalized spacial score (nSPS) is 14.2. The molecule has 1 aliphatic rings. The monoisotopic (exact) mass is 392 g/mol. The number of halogens is 1. The van der Waals surface area contributed by atoms with Crippen LogP contribution >= 0.6 is 11.3 Å². The van der Waals surface area contributed by atoms with Gasteiger partial charge in [0.1, 0.15) is 11.5 Å².